The summed E-state index contributed by atoms with van der Waals surface area (Å²) < 4.78 is 46.9. The number of hydrogen-bond donors (Lipinski definition) is 2. The van der Waals surface area contributed by atoms with Gasteiger partial charge in [-0.15, -0.1) is 24.0 Å². The van der Waals surface area contributed by atoms with Crippen molar-refractivity contribution in [3.63, 3.8) is 0 Å². The normalized spacial score (nSPS) is 11.4. The Morgan fingerprint density at radius 1 is 1.03 bits per heavy atom. The first-order valence-corrected chi connectivity index (χ1v) is 8.74. The molecule has 29 heavy (non-hydrogen) atoms. The topological polar surface area (TPSA) is 54.9 Å². The first-order valence-electron chi connectivity index (χ1n) is 8.36. The van der Waals surface area contributed by atoms with Crippen LogP contribution in [0.5, 0.6) is 11.5 Å². The number of methoxy groups -OCH3 is 1. The molecular formula is C19H22ClF3IN3O2. The molecule has 0 aliphatic heterocycles. The molecule has 0 fully saturated rings. The van der Waals surface area contributed by atoms with Crippen LogP contribution in [0.4, 0.5) is 13.2 Å². The van der Waals surface area contributed by atoms with Crippen molar-refractivity contribution < 1.29 is 22.6 Å². The number of hydrogen-bond acceptors (Lipinski definition) is 3. The van der Waals surface area contributed by atoms with Crippen molar-refractivity contribution in [2.75, 3.05) is 20.8 Å². The lowest BCUT2D eigenvalue weighted by molar-refractivity contribution is -0.153. The van der Waals surface area contributed by atoms with Gasteiger partial charge in [0.05, 0.1) is 7.11 Å². The second-order valence-electron chi connectivity index (χ2n) is 5.80. The van der Waals surface area contributed by atoms with Crippen molar-refractivity contribution in [1.29, 1.82) is 0 Å². The number of alkyl halides is 3. The standard InChI is InChI=1S/C19H21ClF3N3O2.HI/c1-24-18(25-10-13-4-3-5-15(20)8-13)26-11-14-6-7-16(17(9-14)27-2)28-12-19(21,22)23;/h3-9H,10-12H2,1-2H3,(H2,24,25,26);1H. The summed E-state index contributed by atoms with van der Waals surface area (Å²) >= 11 is 5.97. The Labute approximate surface area is 189 Å². The van der Waals surface area contributed by atoms with Crippen LogP contribution >= 0.6 is 35.6 Å². The van der Waals surface area contributed by atoms with E-state index in [0.717, 1.165) is 11.1 Å². The SMILES string of the molecule is CN=C(NCc1cccc(Cl)c1)NCc1ccc(OCC(F)(F)F)c(OC)c1.I. The lowest BCUT2D eigenvalue weighted by Crippen LogP contribution is -2.36. The van der Waals surface area contributed by atoms with E-state index in [1.54, 1.807) is 25.2 Å². The number of halogens is 5. The smallest absolute Gasteiger partial charge is 0.422 e. The molecule has 0 atom stereocenters. The molecule has 2 rings (SSSR count). The van der Waals surface area contributed by atoms with Crippen molar-refractivity contribution >= 4 is 41.5 Å². The van der Waals surface area contributed by atoms with Gasteiger partial charge in [0, 0.05) is 25.2 Å². The summed E-state index contributed by atoms with van der Waals surface area (Å²) in [4.78, 5) is 4.14. The molecule has 0 heterocycles. The Morgan fingerprint density at radius 3 is 2.24 bits per heavy atom. The largest absolute Gasteiger partial charge is 0.493 e. The molecular weight excluding hydrogens is 522 g/mol. The number of ether oxygens (including phenoxy) is 2. The fourth-order valence-corrected chi connectivity index (χ4v) is 2.55. The Bertz CT molecular complexity index is 820. The van der Waals surface area contributed by atoms with Gasteiger partial charge >= 0.3 is 6.18 Å². The van der Waals surface area contributed by atoms with Gasteiger partial charge in [-0.3, -0.25) is 4.99 Å². The zero-order valence-electron chi connectivity index (χ0n) is 15.8. The summed E-state index contributed by atoms with van der Waals surface area (Å²) in [5, 5.41) is 6.94. The minimum absolute atomic E-state index is 0. The van der Waals surface area contributed by atoms with E-state index in [0.29, 0.717) is 24.1 Å². The molecule has 0 aliphatic carbocycles. The van der Waals surface area contributed by atoms with Crippen LogP contribution in [-0.4, -0.2) is 32.9 Å². The number of guanidine groups is 1. The molecule has 0 spiro atoms. The van der Waals surface area contributed by atoms with E-state index in [1.165, 1.54) is 13.2 Å². The minimum Gasteiger partial charge on any atom is -0.493 e. The highest BCUT2D eigenvalue weighted by molar-refractivity contribution is 14.0. The van der Waals surface area contributed by atoms with Gasteiger partial charge in [-0.25, -0.2) is 0 Å². The predicted octanol–water partition coefficient (Wildman–Crippen LogP) is 4.77. The molecule has 0 saturated carbocycles. The summed E-state index contributed by atoms with van der Waals surface area (Å²) in [5.74, 6) is 0.828. The van der Waals surface area contributed by atoms with Crippen molar-refractivity contribution in [2.45, 2.75) is 19.3 Å². The summed E-state index contributed by atoms with van der Waals surface area (Å²) in [5.41, 5.74) is 1.80. The van der Waals surface area contributed by atoms with Gasteiger partial charge in [-0.1, -0.05) is 29.8 Å². The highest BCUT2D eigenvalue weighted by Crippen LogP contribution is 2.29. The number of benzene rings is 2. The molecule has 0 bridgehead atoms. The molecule has 2 aromatic carbocycles. The first kappa shape index (κ1) is 25.2. The van der Waals surface area contributed by atoms with E-state index in [2.05, 4.69) is 15.6 Å². The van der Waals surface area contributed by atoms with E-state index >= 15 is 0 Å². The Hall–Kier alpha value is -1.88. The van der Waals surface area contributed by atoms with E-state index in [9.17, 15) is 13.2 Å². The van der Waals surface area contributed by atoms with Gasteiger partial charge in [-0.05, 0) is 35.4 Å². The Morgan fingerprint density at radius 2 is 1.69 bits per heavy atom. The summed E-state index contributed by atoms with van der Waals surface area (Å²) in [6, 6.07) is 12.2. The molecule has 2 N–H and O–H groups in total. The number of nitrogens with zero attached hydrogens (tertiary/aromatic N) is 1. The fraction of sp³-hybridized carbons (Fsp3) is 0.316. The van der Waals surface area contributed by atoms with Gasteiger partial charge in [0.2, 0.25) is 0 Å². The molecule has 10 heteroatoms. The van der Waals surface area contributed by atoms with Crippen LogP contribution in [0, 0.1) is 0 Å². The molecule has 0 aromatic heterocycles. The van der Waals surface area contributed by atoms with Crippen LogP contribution < -0.4 is 20.1 Å². The fourth-order valence-electron chi connectivity index (χ4n) is 2.34. The third kappa shape index (κ3) is 8.99. The van der Waals surface area contributed by atoms with Crippen LogP contribution in [-0.2, 0) is 13.1 Å². The second kappa shape index (κ2) is 12.0. The zero-order chi connectivity index (χ0) is 20.6. The number of nitrogens with one attached hydrogen (secondary N) is 2. The quantitative estimate of drug-likeness (QED) is 0.300. The molecule has 160 valence electrons. The van der Waals surface area contributed by atoms with Crippen LogP contribution in [0.3, 0.4) is 0 Å². The van der Waals surface area contributed by atoms with Crippen LogP contribution in [0.15, 0.2) is 47.5 Å². The van der Waals surface area contributed by atoms with Gasteiger partial charge in [-0.2, -0.15) is 13.2 Å². The average molecular weight is 544 g/mol. The van der Waals surface area contributed by atoms with Crippen LogP contribution in [0.2, 0.25) is 5.02 Å². The molecule has 0 amide bonds. The van der Waals surface area contributed by atoms with E-state index in [4.69, 9.17) is 21.1 Å². The Balaban J connectivity index is 0.00000420. The van der Waals surface area contributed by atoms with E-state index in [-0.39, 0.29) is 35.5 Å². The maximum atomic E-state index is 12.3. The average Bonchev–Trinajstić information content (AvgIpc) is 2.66. The van der Waals surface area contributed by atoms with Crippen molar-refractivity contribution in [1.82, 2.24) is 10.6 Å². The highest BCUT2D eigenvalue weighted by atomic mass is 127. The van der Waals surface area contributed by atoms with Gasteiger partial charge in [0.25, 0.3) is 0 Å². The third-order valence-electron chi connectivity index (χ3n) is 3.65. The molecule has 0 unspecified atom stereocenters. The second-order valence-corrected chi connectivity index (χ2v) is 6.23. The number of rotatable bonds is 7. The highest BCUT2D eigenvalue weighted by Gasteiger charge is 2.29. The zero-order valence-corrected chi connectivity index (χ0v) is 18.9. The molecule has 0 saturated heterocycles. The van der Waals surface area contributed by atoms with Crippen molar-refractivity contribution in [3.05, 3.63) is 58.6 Å². The van der Waals surface area contributed by atoms with Crippen molar-refractivity contribution in [2.24, 2.45) is 4.99 Å². The number of aliphatic imine (C=N–C) groups is 1. The lowest BCUT2D eigenvalue weighted by Gasteiger charge is -2.15. The maximum Gasteiger partial charge on any atom is 0.422 e. The minimum atomic E-state index is -4.41. The summed E-state index contributed by atoms with van der Waals surface area (Å²) in [6.45, 7) is -0.445. The van der Waals surface area contributed by atoms with Gasteiger partial charge in [0.1, 0.15) is 0 Å². The molecule has 5 nitrogen and oxygen atoms in total. The van der Waals surface area contributed by atoms with E-state index in [1.807, 2.05) is 18.2 Å². The summed E-state index contributed by atoms with van der Waals surface area (Å²) in [6.07, 6.45) is -4.41. The maximum absolute atomic E-state index is 12.3. The monoisotopic (exact) mass is 543 g/mol. The van der Waals surface area contributed by atoms with Crippen LogP contribution in [0.1, 0.15) is 11.1 Å². The van der Waals surface area contributed by atoms with E-state index < -0.39 is 12.8 Å². The Kier molecular flexibility index (Phi) is 10.4. The molecule has 0 aliphatic rings. The lowest BCUT2D eigenvalue weighted by atomic mass is 10.2. The molecule has 0 radical (unpaired) electrons. The third-order valence-corrected chi connectivity index (χ3v) is 3.89. The van der Waals surface area contributed by atoms with Crippen molar-refractivity contribution in [3.8, 4) is 11.5 Å². The first-order chi connectivity index (χ1) is 13.3. The van der Waals surface area contributed by atoms with Gasteiger partial charge in [0.15, 0.2) is 24.1 Å². The van der Waals surface area contributed by atoms with Crippen LogP contribution in [0.25, 0.3) is 0 Å². The van der Waals surface area contributed by atoms with Gasteiger partial charge < -0.3 is 20.1 Å². The summed E-state index contributed by atoms with van der Waals surface area (Å²) in [7, 11) is 3.01. The predicted molar refractivity (Wildman–Crippen MR) is 118 cm³/mol. The molecule has 2 aromatic rings.